The molecule has 0 aliphatic rings. The van der Waals surface area contributed by atoms with Gasteiger partial charge in [-0.15, -0.1) is 0 Å². The summed E-state index contributed by atoms with van der Waals surface area (Å²) in [6, 6.07) is 5.67. The minimum Gasteiger partial charge on any atom is -0.334 e. The van der Waals surface area contributed by atoms with E-state index in [0.717, 1.165) is 11.4 Å². The first kappa shape index (κ1) is 17.0. The van der Waals surface area contributed by atoms with Crippen LogP contribution in [0.25, 0.3) is 5.82 Å². The molecule has 2 heterocycles. The number of hydrogen-bond acceptors (Lipinski definition) is 3. The van der Waals surface area contributed by atoms with E-state index < -0.39 is 0 Å². The van der Waals surface area contributed by atoms with Crippen LogP contribution in [0.15, 0.2) is 36.8 Å². The normalized spacial score (nSPS) is 12.7. The molecule has 0 radical (unpaired) electrons. The van der Waals surface area contributed by atoms with Crippen molar-refractivity contribution in [2.24, 2.45) is 5.41 Å². The van der Waals surface area contributed by atoms with Gasteiger partial charge in [-0.1, -0.05) is 26.8 Å². The van der Waals surface area contributed by atoms with Gasteiger partial charge >= 0.3 is 6.03 Å². The molecule has 0 saturated carbocycles. The lowest BCUT2D eigenvalue weighted by atomic mass is 9.87. The van der Waals surface area contributed by atoms with Crippen LogP contribution in [0.4, 0.5) is 4.79 Å². The van der Waals surface area contributed by atoms with Crippen LogP contribution in [0.2, 0.25) is 0 Å². The number of nitrogens with zero attached hydrogens (tertiary/aromatic N) is 4. The number of carbonyl (C=O) groups excluding carboxylic acids is 1. The van der Waals surface area contributed by atoms with Crippen LogP contribution in [-0.2, 0) is 6.54 Å². The minimum atomic E-state index is -0.0947. The number of hydrogen-bond donors (Lipinski definition) is 1. The Balaban J connectivity index is 2.06. The summed E-state index contributed by atoms with van der Waals surface area (Å²) in [5, 5.41) is 7.16. The molecule has 1 atom stereocenters. The molecule has 124 valence electrons. The van der Waals surface area contributed by atoms with Gasteiger partial charge in [0.1, 0.15) is 0 Å². The maximum atomic E-state index is 12.4. The molecule has 0 aromatic carbocycles. The summed E-state index contributed by atoms with van der Waals surface area (Å²) in [5.41, 5.74) is 0.946. The lowest BCUT2D eigenvalue weighted by molar-refractivity contribution is 0.145. The smallest absolute Gasteiger partial charge is 0.317 e. The molecule has 23 heavy (non-hydrogen) atoms. The first-order chi connectivity index (χ1) is 10.8. The fourth-order valence-corrected chi connectivity index (χ4v) is 2.22. The Hall–Kier alpha value is -2.37. The lowest BCUT2D eigenvalue weighted by Gasteiger charge is -2.35. The summed E-state index contributed by atoms with van der Waals surface area (Å²) in [5.74, 6) is 0.726. The molecule has 0 aliphatic heterocycles. The Morgan fingerprint density at radius 3 is 2.70 bits per heavy atom. The first-order valence-corrected chi connectivity index (χ1v) is 7.75. The molecule has 2 rings (SSSR count). The third kappa shape index (κ3) is 4.09. The second kappa shape index (κ2) is 6.81. The van der Waals surface area contributed by atoms with E-state index in [1.807, 2.05) is 31.4 Å². The van der Waals surface area contributed by atoms with E-state index in [-0.39, 0.29) is 17.5 Å². The number of nitrogens with one attached hydrogen (secondary N) is 1. The zero-order chi connectivity index (χ0) is 17.0. The molecule has 0 fully saturated rings. The summed E-state index contributed by atoms with van der Waals surface area (Å²) in [7, 11) is 1.82. The second-order valence-electron chi connectivity index (χ2n) is 6.75. The van der Waals surface area contributed by atoms with Gasteiger partial charge in [-0.05, 0) is 24.5 Å². The average Bonchev–Trinajstić information content (AvgIpc) is 3.04. The van der Waals surface area contributed by atoms with Crippen LogP contribution in [0.5, 0.6) is 0 Å². The highest BCUT2D eigenvalue weighted by Gasteiger charge is 2.26. The summed E-state index contributed by atoms with van der Waals surface area (Å²) in [6.45, 7) is 8.83. The Kier molecular flexibility index (Phi) is 5.03. The maximum absolute atomic E-state index is 12.4. The van der Waals surface area contributed by atoms with Crippen molar-refractivity contribution in [2.45, 2.75) is 40.3 Å². The van der Waals surface area contributed by atoms with Crippen LogP contribution in [0.3, 0.4) is 0 Å². The van der Waals surface area contributed by atoms with Gasteiger partial charge in [0.15, 0.2) is 5.82 Å². The van der Waals surface area contributed by atoms with Crippen molar-refractivity contribution in [1.82, 2.24) is 25.0 Å². The summed E-state index contributed by atoms with van der Waals surface area (Å²) in [6.07, 6.45) is 5.26. The van der Waals surface area contributed by atoms with E-state index >= 15 is 0 Å². The lowest BCUT2D eigenvalue weighted by Crippen LogP contribution is -2.47. The molecule has 0 aliphatic carbocycles. The number of rotatable bonds is 4. The van der Waals surface area contributed by atoms with Crippen molar-refractivity contribution in [3.05, 3.63) is 42.4 Å². The van der Waals surface area contributed by atoms with Gasteiger partial charge in [0, 0.05) is 43.8 Å². The number of pyridine rings is 1. The summed E-state index contributed by atoms with van der Waals surface area (Å²) in [4.78, 5) is 18.5. The van der Waals surface area contributed by atoms with Crippen molar-refractivity contribution < 1.29 is 4.79 Å². The highest BCUT2D eigenvalue weighted by molar-refractivity contribution is 5.74. The van der Waals surface area contributed by atoms with Crippen LogP contribution >= 0.6 is 0 Å². The van der Waals surface area contributed by atoms with Crippen molar-refractivity contribution in [3.63, 3.8) is 0 Å². The van der Waals surface area contributed by atoms with Gasteiger partial charge in [0.25, 0.3) is 0 Å². The van der Waals surface area contributed by atoms with Crippen LogP contribution < -0.4 is 5.32 Å². The van der Waals surface area contributed by atoms with Gasteiger partial charge < -0.3 is 10.2 Å². The molecule has 6 nitrogen and oxygen atoms in total. The monoisotopic (exact) mass is 315 g/mol. The van der Waals surface area contributed by atoms with Gasteiger partial charge in [-0.3, -0.25) is 0 Å². The van der Waals surface area contributed by atoms with Gasteiger partial charge in [0.2, 0.25) is 0 Å². The Morgan fingerprint density at radius 2 is 2.09 bits per heavy atom. The fourth-order valence-electron chi connectivity index (χ4n) is 2.22. The SMILES string of the molecule is CC(N(C)C(=O)NCc1cccnc1-n1cccn1)C(C)(C)C. The predicted octanol–water partition coefficient (Wildman–Crippen LogP) is 2.84. The van der Waals surface area contributed by atoms with Gasteiger partial charge in [-0.25, -0.2) is 14.5 Å². The number of urea groups is 1. The van der Waals surface area contributed by atoms with Crippen molar-refractivity contribution in [3.8, 4) is 5.82 Å². The quantitative estimate of drug-likeness (QED) is 0.943. The molecule has 1 unspecified atom stereocenters. The Morgan fingerprint density at radius 1 is 1.35 bits per heavy atom. The van der Waals surface area contributed by atoms with Gasteiger partial charge in [-0.2, -0.15) is 5.10 Å². The zero-order valence-corrected chi connectivity index (χ0v) is 14.4. The zero-order valence-electron chi connectivity index (χ0n) is 14.4. The van der Waals surface area contributed by atoms with Crippen molar-refractivity contribution in [1.29, 1.82) is 0 Å². The highest BCUT2D eigenvalue weighted by Crippen LogP contribution is 2.23. The third-order valence-corrected chi connectivity index (χ3v) is 4.17. The van der Waals surface area contributed by atoms with Crippen LogP contribution in [-0.4, -0.2) is 38.8 Å². The van der Waals surface area contributed by atoms with Crippen LogP contribution in [0, 0.1) is 5.41 Å². The maximum Gasteiger partial charge on any atom is 0.317 e. The van der Waals surface area contributed by atoms with Crippen molar-refractivity contribution in [2.75, 3.05) is 7.05 Å². The van der Waals surface area contributed by atoms with E-state index in [1.165, 1.54) is 0 Å². The Bertz CT molecular complexity index is 645. The largest absolute Gasteiger partial charge is 0.334 e. The molecule has 0 spiro atoms. The molecule has 0 saturated heterocycles. The van der Waals surface area contributed by atoms with Gasteiger partial charge in [0.05, 0.1) is 0 Å². The average molecular weight is 315 g/mol. The molecule has 2 aromatic rings. The molecular formula is C17H25N5O. The molecule has 1 N–H and O–H groups in total. The third-order valence-electron chi connectivity index (χ3n) is 4.17. The molecule has 2 aromatic heterocycles. The first-order valence-electron chi connectivity index (χ1n) is 7.75. The molecular weight excluding hydrogens is 290 g/mol. The molecule has 2 amide bonds. The number of amides is 2. The van der Waals surface area contributed by atoms with E-state index in [2.05, 4.69) is 43.1 Å². The predicted molar refractivity (Wildman–Crippen MR) is 90.3 cm³/mol. The highest BCUT2D eigenvalue weighted by atomic mass is 16.2. The number of carbonyl (C=O) groups is 1. The molecule has 6 heteroatoms. The fraction of sp³-hybridized carbons (Fsp3) is 0.471. The van der Waals surface area contributed by atoms with E-state index in [9.17, 15) is 4.79 Å². The number of aromatic nitrogens is 3. The van der Waals surface area contributed by atoms with Crippen LogP contribution in [0.1, 0.15) is 33.3 Å². The molecule has 0 bridgehead atoms. The van der Waals surface area contributed by atoms with E-state index in [4.69, 9.17) is 0 Å². The summed E-state index contributed by atoms with van der Waals surface area (Å²) < 4.78 is 1.70. The Labute approximate surface area is 137 Å². The van der Waals surface area contributed by atoms with E-state index in [0.29, 0.717) is 6.54 Å². The van der Waals surface area contributed by atoms with Crippen molar-refractivity contribution >= 4 is 6.03 Å². The minimum absolute atomic E-state index is 0.0284. The standard InChI is InChI=1S/C17H25N5O/c1-13(17(2,3)4)21(5)16(23)19-12-14-8-6-9-18-15(14)22-11-7-10-20-22/h6-11,13H,12H2,1-5H3,(H,19,23). The van der Waals surface area contributed by atoms with E-state index in [1.54, 1.807) is 22.0 Å². The second-order valence-corrected chi connectivity index (χ2v) is 6.75. The topological polar surface area (TPSA) is 63.1 Å². The summed E-state index contributed by atoms with van der Waals surface area (Å²) >= 11 is 0.